The third-order valence-corrected chi connectivity index (χ3v) is 2.41. The lowest BCUT2D eigenvalue weighted by atomic mass is 10.2. The maximum atomic E-state index is 3.84. The van der Waals surface area contributed by atoms with Gasteiger partial charge in [-0.15, -0.1) is 0 Å². The Morgan fingerprint density at radius 3 is 2.42 bits per heavy atom. The molecule has 12 heavy (non-hydrogen) atoms. The van der Waals surface area contributed by atoms with E-state index in [1.165, 1.54) is 5.56 Å². The zero-order valence-corrected chi connectivity index (χ0v) is 8.64. The summed E-state index contributed by atoms with van der Waals surface area (Å²) in [6.45, 7) is 5.81. The van der Waals surface area contributed by atoms with Crippen LogP contribution in [0.5, 0.6) is 0 Å². The van der Waals surface area contributed by atoms with E-state index in [9.17, 15) is 0 Å². The summed E-state index contributed by atoms with van der Waals surface area (Å²) in [5.74, 6) is 0. The average Bonchev–Trinajstić information content (AvgIpc) is 2.06. The molecule has 0 N–H and O–H groups in total. The predicted octanol–water partition coefficient (Wildman–Crippen LogP) is 4.00. The largest absolute Gasteiger partial charge is 0.0950 e. The summed E-state index contributed by atoms with van der Waals surface area (Å²) in [6, 6.07) is 10.2. The van der Waals surface area contributed by atoms with E-state index in [0.717, 1.165) is 10.1 Å². The Balaban J connectivity index is 2.89. The standard InChI is InChI=1S/C11H11Br/c1-9(2)11(12)8-10-6-4-3-5-7-10/h3-8H,1H2,2H3/b11-8-. The van der Waals surface area contributed by atoms with Crippen LogP contribution in [0.15, 0.2) is 47.0 Å². The molecule has 62 valence electrons. The minimum absolute atomic E-state index is 1.04. The number of allylic oxidation sites excluding steroid dienone is 2. The Labute approximate surface area is 81.7 Å². The van der Waals surface area contributed by atoms with Crippen molar-refractivity contribution in [3.05, 3.63) is 52.5 Å². The van der Waals surface area contributed by atoms with Crippen molar-refractivity contribution in [2.45, 2.75) is 6.92 Å². The molecule has 0 aromatic heterocycles. The number of benzene rings is 1. The van der Waals surface area contributed by atoms with E-state index in [2.05, 4.69) is 40.7 Å². The van der Waals surface area contributed by atoms with Gasteiger partial charge in [0.05, 0.1) is 0 Å². The predicted molar refractivity (Wildman–Crippen MR) is 58.2 cm³/mol. The normalized spacial score (nSPS) is 11.3. The van der Waals surface area contributed by atoms with Gasteiger partial charge in [-0.2, -0.15) is 0 Å². The van der Waals surface area contributed by atoms with Crippen molar-refractivity contribution in [3.63, 3.8) is 0 Å². The van der Waals surface area contributed by atoms with Crippen LogP contribution in [0.25, 0.3) is 6.08 Å². The lowest BCUT2D eigenvalue weighted by Gasteiger charge is -1.96. The molecule has 1 aromatic carbocycles. The molecule has 0 nitrogen and oxygen atoms in total. The van der Waals surface area contributed by atoms with Gasteiger partial charge < -0.3 is 0 Å². The summed E-state index contributed by atoms with van der Waals surface area (Å²) in [7, 11) is 0. The van der Waals surface area contributed by atoms with E-state index in [1.54, 1.807) is 0 Å². The first-order chi connectivity index (χ1) is 5.70. The van der Waals surface area contributed by atoms with Crippen LogP contribution >= 0.6 is 15.9 Å². The van der Waals surface area contributed by atoms with Crippen LogP contribution in [0.1, 0.15) is 12.5 Å². The van der Waals surface area contributed by atoms with Crippen molar-refractivity contribution >= 4 is 22.0 Å². The molecule has 1 rings (SSSR count). The SMILES string of the molecule is C=C(C)/C(Br)=C/c1ccccc1. The quantitative estimate of drug-likeness (QED) is 0.664. The van der Waals surface area contributed by atoms with Crippen molar-refractivity contribution in [2.24, 2.45) is 0 Å². The number of rotatable bonds is 2. The first kappa shape index (κ1) is 9.27. The fourth-order valence-electron chi connectivity index (χ4n) is 0.819. The minimum atomic E-state index is 1.04. The van der Waals surface area contributed by atoms with Crippen molar-refractivity contribution in [1.82, 2.24) is 0 Å². The first-order valence-corrected chi connectivity index (χ1v) is 4.57. The molecule has 0 saturated heterocycles. The molecule has 1 heteroatoms. The Hall–Kier alpha value is -0.820. The minimum Gasteiger partial charge on any atom is -0.0950 e. The topological polar surface area (TPSA) is 0 Å². The van der Waals surface area contributed by atoms with Gasteiger partial charge in [0.25, 0.3) is 0 Å². The van der Waals surface area contributed by atoms with Gasteiger partial charge in [0.1, 0.15) is 0 Å². The monoisotopic (exact) mass is 222 g/mol. The van der Waals surface area contributed by atoms with Gasteiger partial charge in [0, 0.05) is 4.48 Å². The second kappa shape index (κ2) is 4.27. The first-order valence-electron chi connectivity index (χ1n) is 3.78. The molecule has 0 bridgehead atoms. The highest BCUT2D eigenvalue weighted by molar-refractivity contribution is 9.12. The highest BCUT2D eigenvalue weighted by Crippen LogP contribution is 2.18. The maximum absolute atomic E-state index is 3.84. The second-order valence-corrected chi connectivity index (χ2v) is 3.54. The third-order valence-electron chi connectivity index (χ3n) is 1.50. The van der Waals surface area contributed by atoms with E-state index in [-0.39, 0.29) is 0 Å². The molecule has 0 fully saturated rings. The summed E-state index contributed by atoms with van der Waals surface area (Å²) in [4.78, 5) is 0. The van der Waals surface area contributed by atoms with Crippen LogP contribution in [-0.2, 0) is 0 Å². The fraction of sp³-hybridized carbons (Fsp3) is 0.0909. The van der Waals surface area contributed by atoms with Crippen molar-refractivity contribution in [3.8, 4) is 0 Å². The zero-order valence-electron chi connectivity index (χ0n) is 7.05. The molecule has 0 spiro atoms. The van der Waals surface area contributed by atoms with Crippen LogP contribution in [0.4, 0.5) is 0 Å². The molecule has 0 amide bonds. The summed E-state index contributed by atoms with van der Waals surface area (Å²) in [5, 5.41) is 0. The number of hydrogen-bond donors (Lipinski definition) is 0. The maximum Gasteiger partial charge on any atom is 0.0204 e. The number of halogens is 1. The van der Waals surface area contributed by atoms with Gasteiger partial charge in [0.2, 0.25) is 0 Å². The van der Waals surface area contributed by atoms with Crippen molar-refractivity contribution in [1.29, 1.82) is 0 Å². The van der Waals surface area contributed by atoms with E-state index in [1.807, 2.05) is 25.1 Å². The second-order valence-electron chi connectivity index (χ2n) is 2.68. The lowest BCUT2D eigenvalue weighted by molar-refractivity contribution is 1.55. The Bertz CT molecular complexity index is 296. The van der Waals surface area contributed by atoms with E-state index < -0.39 is 0 Å². The van der Waals surface area contributed by atoms with Gasteiger partial charge in [-0.3, -0.25) is 0 Å². The van der Waals surface area contributed by atoms with E-state index >= 15 is 0 Å². The highest BCUT2D eigenvalue weighted by atomic mass is 79.9. The van der Waals surface area contributed by atoms with Gasteiger partial charge in [0.15, 0.2) is 0 Å². The van der Waals surface area contributed by atoms with Crippen LogP contribution in [0.3, 0.4) is 0 Å². The molecule has 0 unspecified atom stereocenters. The van der Waals surface area contributed by atoms with Crippen LogP contribution in [0, 0.1) is 0 Å². The summed E-state index contributed by atoms with van der Waals surface area (Å²) >= 11 is 3.44. The van der Waals surface area contributed by atoms with Crippen LogP contribution in [-0.4, -0.2) is 0 Å². The summed E-state index contributed by atoms with van der Waals surface area (Å²) in [5.41, 5.74) is 2.23. The zero-order chi connectivity index (χ0) is 8.97. The Morgan fingerprint density at radius 1 is 1.33 bits per heavy atom. The molecule has 0 saturated carbocycles. The smallest absolute Gasteiger partial charge is 0.0204 e. The summed E-state index contributed by atoms with van der Waals surface area (Å²) < 4.78 is 1.05. The number of hydrogen-bond acceptors (Lipinski definition) is 0. The van der Waals surface area contributed by atoms with Gasteiger partial charge in [-0.05, 0) is 24.1 Å². The highest BCUT2D eigenvalue weighted by Gasteiger charge is 1.91. The van der Waals surface area contributed by atoms with Gasteiger partial charge in [-0.25, -0.2) is 0 Å². The molecule has 0 radical (unpaired) electrons. The van der Waals surface area contributed by atoms with E-state index in [0.29, 0.717) is 0 Å². The molecular formula is C11H11Br. The molecule has 0 aliphatic heterocycles. The molecule has 0 aliphatic rings. The Kier molecular flexibility index (Phi) is 3.30. The molecule has 0 heterocycles. The summed E-state index contributed by atoms with van der Waals surface area (Å²) in [6.07, 6.45) is 2.06. The molecule has 1 aromatic rings. The lowest BCUT2D eigenvalue weighted by Crippen LogP contribution is -1.73. The van der Waals surface area contributed by atoms with Crippen molar-refractivity contribution in [2.75, 3.05) is 0 Å². The molecule has 0 atom stereocenters. The van der Waals surface area contributed by atoms with E-state index in [4.69, 9.17) is 0 Å². The van der Waals surface area contributed by atoms with Crippen molar-refractivity contribution < 1.29 is 0 Å². The Morgan fingerprint density at radius 2 is 1.92 bits per heavy atom. The van der Waals surface area contributed by atoms with Crippen LogP contribution in [0.2, 0.25) is 0 Å². The molecular weight excluding hydrogens is 212 g/mol. The average molecular weight is 223 g/mol. The third kappa shape index (κ3) is 2.67. The van der Waals surface area contributed by atoms with Crippen LogP contribution < -0.4 is 0 Å². The van der Waals surface area contributed by atoms with Gasteiger partial charge >= 0.3 is 0 Å². The molecule has 0 aliphatic carbocycles. The van der Waals surface area contributed by atoms with Gasteiger partial charge in [-0.1, -0.05) is 52.8 Å². The fourth-order valence-corrected chi connectivity index (χ4v) is 1.08.